The number of hydrogen-bond acceptors (Lipinski definition) is 2. The van der Waals surface area contributed by atoms with E-state index in [4.69, 9.17) is 6.42 Å². The molecule has 0 bridgehead atoms. The molecule has 0 atom stereocenters. The molecule has 56 valence electrons. The molecule has 12 heavy (non-hydrogen) atoms. The maximum atomic E-state index is 5.24. The highest BCUT2D eigenvalue weighted by molar-refractivity contribution is 5.79. The van der Waals surface area contributed by atoms with Gasteiger partial charge in [-0.15, -0.1) is 6.42 Å². The molecule has 1 heterocycles. The molecular formula is C10H6N2. The summed E-state index contributed by atoms with van der Waals surface area (Å²) in [6.07, 6.45) is 6.91. The minimum atomic E-state index is 0.836. The third-order valence-electron chi connectivity index (χ3n) is 1.68. The summed E-state index contributed by atoms with van der Waals surface area (Å²) < 4.78 is 0. The monoisotopic (exact) mass is 154 g/mol. The number of terminal acetylenes is 1. The molecule has 2 aromatic rings. The van der Waals surface area contributed by atoms with Crippen LogP contribution in [0.1, 0.15) is 5.56 Å². The molecule has 2 nitrogen and oxygen atoms in total. The van der Waals surface area contributed by atoms with E-state index < -0.39 is 0 Å². The van der Waals surface area contributed by atoms with Crippen molar-refractivity contribution < 1.29 is 0 Å². The zero-order valence-corrected chi connectivity index (χ0v) is 6.36. The van der Waals surface area contributed by atoms with E-state index in [0.717, 1.165) is 16.5 Å². The van der Waals surface area contributed by atoms with Crippen LogP contribution in [0.25, 0.3) is 10.9 Å². The van der Waals surface area contributed by atoms with Crippen LogP contribution in [0.15, 0.2) is 30.5 Å². The number of hydrogen-bond donors (Lipinski definition) is 0. The second kappa shape index (κ2) is 2.63. The number of benzene rings is 1. The number of aromatic nitrogens is 2. The Bertz CT molecular complexity index is 455. The van der Waals surface area contributed by atoms with Crippen LogP contribution in [0.5, 0.6) is 0 Å². The molecule has 0 fully saturated rings. The fourth-order valence-electron chi connectivity index (χ4n) is 1.07. The van der Waals surface area contributed by atoms with Gasteiger partial charge >= 0.3 is 0 Å². The summed E-state index contributed by atoms with van der Waals surface area (Å²) >= 11 is 0. The van der Waals surface area contributed by atoms with E-state index in [-0.39, 0.29) is 0 Å². The standard InChI is InChI=1S/C10H6N2/c1-2-8-3-4-9-5-6-11-12-10(9)7-8/h1,3-7H. The average molecular weight is 154 g/mol. The molecule has 0 radical (unpaired) electrons. The van der Waals surface area contributed by atoms with E-state index in [9.17, 15) is 0 Å². The lowest BCUT2D eigenvalue weighted by Crippen LogP contribution is -1.82. The predicted molar refractivity (Wildman–Crippen MR) is 47.5 cm³/mol. The van der Waals surface area contributed by atoms with Gasteiger partial charge in [-0.25, -0.2) is 0 Å². The molecule has 0 aliphatic carbocycles. The second-order valence-electron chi connectivity index (χ2n) is 2.45. The summed E-state index contributed by atoms with van der Waals surface area (Å²) in [5.74, 6) is 2.55. The first-order valence-electron chi connectivity index (χ1n) is 3.58. The van der Waals surface area contributed by atoms with Crippen molar-refractivity contribution in [3.63, 3.8) is 0 Å². The Morgan fingerprint density at radius 2 is 2.17 bits per heavy atom. The molecule has 2 rings (SSSR count). The Morgan fingerprint density at radius 3 is 3.00 bits per heavy atom. The maximum absolute atomic E-state index is 5.24. The van der Waals surface area contributed by atoms with Gasteiger partial charge in [0.2, 0.25) is 0 Å². The van der Waals surface area contributed by atoms with E-state index in [2.05, 4.69) is 16.1 Å². The van der Waals surface area contributed by atoms with Crippen molar-refractivity contribution in [3.05, 3.63) is 36.0 Å². The van der Waals surface area contributed by atoms with Crippen LogP contribution in [-0.2, 0) is 0 Å². The van der Waals surface area contributed by atoms with Crippen LogP contribution in [0.4, 0.5) is 0 Å². The van der Waals surface area contributed by atoms with Crippen LogP contribution in [0, 0.1) is 12.3 Å². The summed E-state index contributed by atoms with van der Waals surface area (Å²) in [4.78, 5) is 0. The molecule has 0 amide bonds. The van der Waals surface area contributed by atoms with Crippen LogP contribution >= 0.6 is 0 Å². The largest absolute Gasteiger partial charge is 0.159 e. The van der Waals surface area contributed by atoms with Gasteiger partial charge < -0.3 is 0 Å². The summed E-state index contributed by atoms with van der Waals surface area (Å²) in [7, 11) is 0. The lowest BCUT2D eigenvalue weighted by molar-refractivity contribution is 1.08. The first-order chi connectivity index (χ1) is 5.90. The topological polar surface area (TPSA) is 25.8 Å². The zero-order chi connectivity index (χ0) is 8.39. The summed E-state index contributed by atoms with van der Waals surface area (Å²) in [5.41, 5.74) is 1.68. The summed E-state index contributed by atoms with van der Waals surface area (Å²) in [6.45, 7) is 0. The molecule has 2 heteroatoms. The minimum Gasteiger partial charge on any atom is -0.159 e. The van der Waals surface area contributed by atoms with Gasteiger partial charge in [0.15, 0.2) is 0 Å². The molecule has 0 saturated heterocycles. The molecule has 1 aromatic carbocycles. The highest BCUT2D eigenvalue weighted by Crippen LogP contribution is 2.10. The van der Waals surface area contributed by atoms with E-state index in [0.29, 0.717) is 0 Å². The molecular weight excluding hydrogens is 148 g/mol. The zero-order valence-electron chi connectivity index (χ0n) is 6.36. The molecule has 0 aliphatic heterocycles. The molecule has 0 N–H and O–H groups in total. The summed E-state index contributed by atoms with van der Waals surface area (Å²) in [5, 5.41) is 8.77. The SMILES string of the molecule is C#Cc1ccc2ccnnc2c1. The van der Waals surface area contributed by atoms with Crippen molar-refractivity contribution in [3.8, 4) is 12.3 Å². The molecule has 0 aliphatic rings. The first-order valence-corrected chi connectivity index (χ1v) is 3.58. The number of fused-ring (bicyclic) bond motifs is 1. The third-order valence-corrected chi connectivity index (χ3v) is 1.68. The Labute approximate surface area is 70.2 Å². The van der Waals surface area contributed by atoms with E-state index >= 15 is 0 Å². The smallest absolute Gasteiger partial charge is 0.0942 e. The van der Waals surface area contributed by atoms with Gasteiger partial charge in [0.25, 0.3) is 0 Å². The Hall–Kier alpha value is -1.88. The van der Waals surface area contributed by atoms with Gasteiger partial charge in [-0.1, -0.05) is 12.0 Å². The van der Waals surface area contributed by atoms with Crippen molar-refractivity contribution in [2.45, 2.75) is 0 Å². The van der Waals surface area contributed by atoms with Gasteiger partial charge in [-0.2, -0.15) is 10.2 Å². The van der Waals surface area contributed by atoms with Gasteiger partial charge in [0.05, 0.1) is 11.7 Å². The lowest BCUT2D eigenvalue weighted by Gasteiger charge is -1.94. The van der Waals surface area contributed by atoms with Crippen LogP contribution in [0.2, 0.25) is 0 Å². The quantitative estimate of drug-likeness (QED) is 0.539. The second-order valence-corrected chi connectivity index (χ2v) is 2.45. The Balaban J connectivity index is 2.78. The van der Waals surface area contributed by atoms with Gasteiger partial charge in [-0.05, 0) is 18.2 Å². The molecule has 0 spiro atoms. The fourth-order valence-corrected chi connectivity index (χ4v) is 1.07. The van der Waals surface area contributed by atoms with Crippen molar-refractivity contribution in [2.75, 3.05) is 0 Å². The van der Waals surface area contributed by atoms with Crippen molar-refractivity contribution in [2.24, 2.45) is 0 Å². The van der Waals surface area contributed by atoms with Crippen LogP contribution in [0.3, 0.4) is 0 Å². The van der Waals surface area contributed by atoms with E-state index in [1.54, 1.807) is 6.20 Å². The lowest BCUT2D eigenvalue weighted by atomic mass is 10.1. The highest BCUT2D eigenvalue weighted by atomic mass is 15.1. The number of rotatable bonds is 0. The molecule has 1 aromatic heterocycles. The van der Waals surface area contributed by atoms with E-state index in [1.807, 2.05) is 24.3 Å². The fraction of sp³-hybridized carbons (Fsp3) is 0. The van der Waals surface area contributed by atoms with Gasteiger partial charge in [0.1, 0.15) is 0 Å². The third kappa shape index (κ3) is 1.02. The Morgan fingerprint density at radius 1 is 1.25 bits per heavy atom. The molecule has 0 saturated carbocycles. The van der Waals surface area contributed by atoms with Gasteiger partial charge in [0, 0.05) is 10.9 Å². The van der Waals surface area contributed by atoms with E-state index in [1.165, 1.54) is 0 Å². The van der Waals surface area contributed by atoms with Crippen molar-refractivity contribution >= 4 is 10.9 Å². The van der Waals surface area contributed by atoms with Gasteiger partial charge in [-0.3, -0.25) is 0 Å². The predicted octanol–water partition coefficient (Wildman–Crippen LogP) is 1.61. The normalized spacial score (nSPS) is 9.58. The van der Waals surface area contributed by atoms with Crippen LogP contribution < -0.4 is 0 Å². The highest BCUT2D eigenvalue weighted by Gasteiger charge is 1.93. The first kappa shape index (κ1) is 6.81. The van der Waals surface area contributed by atoms with Crippen LogP contribution in [-0.4, -0.2) is 10.2 Å². The summed E-state index contributed by atoms with van der Waals surface area (Å²) in [6, 6.07) is 7.59. The van der Waals surface area contributed by atoms with Crippen molar-refractivity contribution in [1.29, 1.82) is 0 Å². The molecule has 0 unspecified atom stereocenters. The van der Waals surface area contributed by atoms with Crippen molar-refractivity contribution in [1.82, 2.24) is 10.2 Å². The maximum Gasteiger partial charge on any atom is 0.0942 e. The average Bonchev–Trinajstić information content (AvgIpc) is 2.17. The minimum absolute atomic E-state index is 0.836. The Kier molecular flexibility index (Phi) is 1.49. The number of nitrogens with zero attached hydrogens (tertiary/aromatic N) is 2.